The molecule has 3 aromatic rings. The smallest absolute Gasteiger partial charge is 0.306 e. The Labute approximate surface area is 184 Å². The number of para-hydroxylation sites is 3. The highest BCUT2D eigenvalue weighted by Gasteiger charge is 2.13. The molecule has 0 fully saturated rings. The van der Waals surface area contributed by atoms with Gasteiger partial charge in [0.25, 0.3) is 5.91 Å². The molecule has 3 rings (SSSR count). The van der Waals surface area contributed by atoms with Crippen molar-refractivity contribution in [1.82, 2.24) is 0 Å². The first-order valence-electron chi connectivity index (χ1n) is 9.57. The number of benzene rings is 3. The summed E-state index contributed by atoms with van der Waals surface area (Å²) in [6.07, 6.45) is -0.141. The first-order chi connectivity index (χ1) is 15.0. The SMILES string of the molecule is O=C(COC(=O)CCC(=O)c1ccc(Cl)cc1)Nc1ccccc1Oc1ccccc1. The van der Waals surface area contributed by atoms with E-state index in [1.165, 1.54) is 0 Å². The average molecular weight is 438 g/mol. The van der Waals surface area contributed by atoms with Crippen LogP contribution in [0, 0.1) is 0 Å². The number of esters is 1. The Balaban J connectivity index is 1.46. The van der Waals surface area contributed by atoms with E-state index in [2.05, 4.69) is 5.32 Å². The molecule has 0 aliphatic rings. The Morgan fingerprint density at radius 1 is 0.806 bits per heavy atom. The van der Waals surface area contributed by atoms with Crippen LogP contribution in [0.1, 0.15) is 23.2 Å². The molecule has 0 aromatic heterocycles. The van der Waals surface area contributed by atoms with E-state index < -0.39 is 18.5 Å². The molecule has 0 radical (unpaired) electrons. The minimum absolute atomic E-state index is 0.0180. The molecule has 0 heterocycles. The normalized spacial score (nSPS) is 10.2. The van der Waals surface area contributed by atoms with Crippen molar-refractivity contribution in [2.45, 2.75) is 12.8 Å². The van der Waals surface area contributed by atoms with Crippen LogP contribution in [-0.2, 0) is 14.3 Å². The number of hydrogen-bond acceptors (Lipinski definition) is 5. The van der Waals surface area contributed by atoms with Gasteiger partial charge in [0.1, 0.15) is 5.75 Å². The van der Waals surface area contributed by atoms with Crippen molar-refractivity contribution in [3.05, 3.63) is 89.4 Å². The van der Waals surface area contributed by atoms with Crippen molar-refractivity contribution in [2.75, 3.05) is 11.9 Å². The van der Waals surface area contributed by atoms with Crippen LogP contribution in [0.25, 0.3) is 0 Å². The summed E-state index contributed by atoms with van der Waals surface area (Å²) >= 11 is 5.79. The molecular formula is C24H20ClNO5. The van der Waals surface area contributed by atoms with E-state index >= 15 is 0 Å². The van der Waals surface area contributed by atoms with Crippen LogP contribution >= 0.6 is 11.6 Å². The van der Waals surface area contributed by atoms with Crippen molar-refractivity contribution < 1.29 is 23.9 Å². The molecule has 0 aliphatic heterocycles. The van der Waals surface area contributed by atoms with Gasteiger partial charge in [-0.2, -0.15) is 0 Å². The first kappa shape index (κ1) is 22.1. The van der Waals surface area contributed by atoms with Crippen LogP contribution < -0.4 is 10.1 Å². The second-order valence-corrected chi connectivity index (χ2v) is 6.99. The predicted octanol–water partition coefficient (Wildman–Crippen LogP) is 5.28. The number of carbonyl (C=O) groups excluding carboxylic acids is 3. The van der Waals surface area contributed by atoms with Gasteiger partial charge in [0, 0.05) is 17.0 Å². The maximum atomic E-state index is 12.2. The monoisotopic (exact) mass is 437 g/mol. The van der Waals surface area contributed by atoms with Gasteiger partial charge in [-0.25, -0.2) is 0 Å². The molecule has 1 N–H and O–H groups in total. The Morgan fingerprint density at radius 3 is 2.23 bits per heavy atom. The lowest BCUT2D eigenvalue weighted by molar-refractivity contribution is -0.147. The third-order valence-electron chi connectivity index (χ3n) is 4.22. The second-order valence-electron chi connectivity index (χ2n) is 6.55. The van der Waals surface area contributed by atoms with Crippen molar-refractivity contribution in [2.24, 2.45) is 0 Å². The fourth-order valence-corrected chi connectivity index (χ4v) is 2.80. The van der Waals surface area contributed by atoms with E-state index in [4.69, 9.17) is 21.1 Å². The van der Waals surface area contributed by atoms with Crippen LogP contribution in [0.4, 0.5) is 5.69 Å². The van der Waals surface area contributed by atoms with Gasteiger partial charge in [-0.1, -0.05) is 41.9 Å². The Morgan fingerprint density at radius 2 is 1.48 bits per heavy atom. The van der Waals surface area contributed by atoms with E-state index in [1.54, 1.807) is 60.7 Å². The van der Waals surface area contributed by atoms with Crippen LogP contribution in [0.3, 0.4) is 0 Å². The number of carbonyl (C=O) groups is 3. The summed E-state index contributed by atoms with van der Waals surface area (Å²) in [6.45, 7) is -0.465. The van der Waals surface area contributed by atoms with Crippen LogP contribution in [0.15, 0.2) is 78.9 Å². The van der Waals surface area contributed by atoms with Crippen molar-refractivity contribution in [1.29, 1.82) is 0 Å². The average Bonchev–Trinajstić information content (AvgIpc) is 2.78. The lowest BCUT2D eigenvalue weighted by atomic mass is 10.1. The number of anilines is 1. The zero-order chi connectivity index (χ0) is 22.1. The summed E-state index contributed by atoms with van der Waals surface area (Å²) in [5.74, 6) is -0.263. The number of halogens is 1. The second kappa shape index (κ2) is 10.9. The van der Waals surface area contributed by atoms with Crippen LogP contribution in [-0.4, -0.2) is 24.3 Å². The molecule has 1 amide bonds. The Bertz CT molecular complexity index is 1050. The van der Waals surface area contributed by atoms with E-state index in [-0.39, 0.29) is 18.6 Å². The minimum Gasteiger partial charge on any atom is -0.456 e. The highest BCUT2D eigenvalue weighted by Crippen LogP contribution is 2.29. The Kier molecular flexibility index (Phi) is 7.79. The van der Waals surface area contributed by atoms with Gasteiger partial charge in [0.2, 0.25) is 0 Å². The summed E-state index contributed by atoms with van der Waals surface area (Å²) in [5.41, 5.74) is 0.912. The fourth-order valence-electron chi connectivity index (χ4n) is 2.67. The molecule has 6 nitrogen and oxygen atoms in total. The number of Topliss-reactive ketones (excluding diaryl/α,β-unsaturated/α-hetero) is 1. The highest BCUT2D eigenvalue weighted by molar-refractivity contribution is 6.30. The van der Waals surface area contributed by atoms with Gasteiger partial charge < -0.3 is 14.8 Å². The van der Waals surface area contributed by atoms with Gasteiger partial charge in [0.15, 0.2) is 18.1 Å². The van der Waals surface area contributed by atoms with Gasteiger partial charge in [-0.05, 0) is 48.5 Å². The van der Waals surface area contributed by atoms with Gasteiger partial charge in [-0.3, -0.25) is 14.4 Å². The van der Waals surface area contributed by atoms with Crippen molar-refractivity contribution in [3.63, 3.8) is 0 Å². The number of rotatable bonds is 9. The number of ketones is 1. The maximum Gasteiger partial charge on any atom is 0.306 e. The largest absolute Gasteiger partial charge is 0.456 e. The third kappa shape index (κ3) is 6.97. The van der Waals surface area contributed by atoms with Crippen molar-refractivity contribution >= 4 is 34.9 Å². The lowest BCUT2D eigenvalue weighted by Gasteiger charge is -2.12. The summed E-state index contributed by atoms with van der Waals surface area (Å²) < 4.78 is 10.8. The third-order valence-corrected chi connectivity index (χ3v) is 4.47. The fraction of sp³-hybridized carbons (Fsp3) is 0.125. The molecular weight excluding hydrogens is 418 g/mol. The lowest BCUT2D eigenvalue weighted by Crippen LogP contribution is -2.21. The summed E-state index contributed by atoms with van der Waals surface area (Å²) in [4.78, 5) is 36.2. The van der Waals surface area contributed by atoms with Crippen LogP contribution in [0.5, 0.6) is 11.5 Å². The molecule has 0 saturated heterocycles. The molecule has 158 valence electrons. The van der Waals surface area contributed by atoms with E-state index in [0.29, 0.717) is 27.8 Å². The molecule has 31 heavy (non-hydrogen) atoms. The summed E-state index contributed by atoms with van der Waals surface area (Å²) in [6, 6.07) is 22.5. The quantitative estimate of drug-likeness (QED) is 0.364. The van der Waals surface area contributed by atoms with Crippen molar-refractivity contribution in [3.8, 4) is 11.5 Å². The molecule has 0 saturated carbocycles. The summed E-state index contributed by atoms with van der Waals surface area (Å²) in [5, 5.41) is 3.19. The zero-order valence-corrected chi connectivity index (χ0v) is 17.3. The number of amides is 1. The number of ether oxygens (including phenoxy) is 2. The first-order valence-corrected chi connectivity index (χ1v) is 9.95. The van der Waals surface area contributed by atoms with E-state index in [9.17, 15) is 14.4 Å². The number of nitrogens with one attached hydrogen (secondary N) is 1. The minimum atomic E-state index is -0.633. The van der Waals surface area contributed by atoms with E-state index in [0.717, 1.165) is 0 Å². The standard InChI is InChI=1S/C24H20ClNO5/c25-18-12-10-17(11-13-18)21(27)14-15-24(29)30-16-23(28)26-20-8-4-5-9-22(20)31-19-6-2-1-3-7-19/h1-13H,14-16H2,(H,26,28). The molecule has 0 aliphatic carbocycles. The topological polar surface area (TPSA) is 81.7 Å². The Hall–Kier alpha value is -3.64. The van der Waals surface area contributed by atoms with Gasteiger partial charge in [0.05, 0.1) is 12.1 Å². The highest BCUT2D eigenvalue weighted by atomic mass is 35.5. The van der Waals surface area contributed by atoms with E-state index in [1.807, 2.05) is 18.2 Å². The van der Waals surface area contributed by atoms with Gasteiger partial charge >= 0.3 is 5.97 Å². The predicted molar refractivity (Wildman–Crippen MR) is 118 cm³/mol. The molecule has 0 atom stereocenters. The van der Waals surface area contributed by atoms with Crippen LogP contribution in [0.2, 0.25) is 5.02 Å². The zero-order valence-electron chi connectivity index (χ0n) is 16.5. The molecule has 3 aromatic carbocycles. The molecule has 0 unspecified atom stereocenters. The molecule has 7 heteroatoms. The maximum absolute atomic E-state index is 12.2. The number of hydrogen-bond donors (Lipinski definition) is 1. The van der Waals surface area contributed by atoms with Gasteiger partial charge in [-0.15, -0.1) is 0 Å². The molecule has 0 spiro atoms. The summed E-state index contributed by atoms with van der Waals surface area (Å²) in [7, 11) is 0. The molecule has 0 bridgehead atoms.